The van der Waals surface area contributed by atoms with E-state index in [0.29, 0.717) is 44.0 Å². The molecule has 0 aliphatic carbocycles. The van der Waals surface area contributed by atoms with Crippen LogP contribution in [0.2, 0.25) is 0 Å². The van der Waals surface area contributed by atoms with Crippen molar-refractivity contribution in [3.05, 3.63) is 36.8 Å². The molecule has 2 N–H and O–H groups in total. The molecule has 2 atom stereocenters. The van der Waals surface area contributed by atoms with Crippen molar-refractivity contribution in [2.75, 3.05) is 44.0 Å². The minimum atomic E-state index is -0.992. The molecule has 1 unspecified atom stereocenters. The van der Waals surface area contributed by atoms with Crippen LogP contribution in [-0.4, -0.2) is 85.7 Å². The predicted molar refractivity (Wildman–Crippen MR) is 118 cm³/mol. The Bertz CT molecular complexity index is 1270. The number of alkyl halides is 1. The van der Waals surface area contributed by atoms with Crippen molar-refractivity contribution in [2.24, 2.45) is 0 Å². The van der Waals surface area contributed by atoms with Gasteiger partial charge < -0.3 is 15.4 Å². The summed E-state index contributed by atoms with van der Waals surface area (Å²) in [6, 6.07) is 5.76. The van der Waals surface area contributed by atoms with Gasteiger partial charge in [0.15, 0.2) is 11.5 Å². The van der Waals surface area contributed by atoms with Crippen molar-refractivity contribution >= 4 is 22.9 Å². The number of fused-ring (bicyclic) bond motifs is 2. The maximum absolute atomic E-state index is 14.9. The first-order chi connectivity index (χ1) is 15.7. The van der Waals surface area contributed by atoms with Crippen LogP contribution in [0.25, 0.3) is 22.4 Å². The molecule has 2 saturated heterocycles. The average Bonchev–Trinajstić information content (AvgIpc) is 3.40. The number of rotatable bonds is 5. The van der Waals surface area contributed by atoms with Crippen LogP contribution >= 0.6 is 0 Å². The van der Waals surface area contributed by atoms with E-state index in [0.717, 1.165) is 29.0 Å². The van der Waals surface area contributed by atoms with E-state index in [1.165, 1.54) is 0 Å². The third-order valence-corrected chi connectivity index (χ3v) is 6.31. The fourth-order valence-corrected chi connectivity index (χ4v) is 4.45. The van der Waals surface area contributed by atoms with Gasteiger partial charge in [0.25, 0.3) is 0 Å². The number of nitrogens with zero attached hydrogens (tertiary/aromatic N) is 7. The van der Waals surface area contributed by atoms with Gasteiger partial charge in [-0.1, -0.05) is 0 Å². The van der Waals surface area contributed by atoms with Crippen molar-refractivity contribution < 1.29 is 9.13 Å². The van der Waals surface area contributed by atoms with E-state index < -0.39 is 6.17 Å². The van der Waals surface area contributed by atoms with E-state index in [2.05, 4.69) is 35.7 Å². The summed E-state index contributed by atoms with van der Waals surface area (Å²) in [6.45, 7) is 2.65. The molecule has 0 saturated carbocycles. The average molecular weight is 437 g/mol. The first kappa shape index (κ1) is 19.4. The quantitative estimate of drug-likeness (QED) is 0.487. The van der Waals surface area contributed by atoms with Gasteiger partial charge in [-0.2, -0.15) is 10.1 Å². The fraction of sp³-hybridized carbons (Fsp3) is 0.429. The molecule has 0 spiro atoms. The molecule has 32 heavy (non-hydrogen) atoms. The Hall–Kier alpha value is -3.31. The highest BCUT2D eigenvalue weighted by Gasteiger charge is 2.35. The number of piperidine rings is 1. The molecule has 166 valence electrons. The molecule has 2 aliphatic heterocycles. The molecule has 0 bridgehead atoms. The summed E-state index contributed by atoms with van der Waals surface area (Å²) in [5.41, 5.74) is 3.29. The van der Waals surface area contributed by atoms with E-state index >= 15 is 0 Å². The molecule has 6 heterocycles. The maximum Gasteiger partial charge on any atom is 0.243 e. The normalized spacial score (nSPS) is 22.3. The monoisotopic (exact) mass is 437 g/mol. The van der Waals surface area contributed by atoms with Gasteiger partial charge in [-0.05, 0) is 18.6 Å². The van der Waals surface area contributed by atoms with Gasteiger partial charge in [0.1, 0.15) is 11.7 Å². The molecular formula is C21H24FN9O. The molecule has 4 aromatic heterocycles. The molecule has 11 heteroatoms. The standard InChI is InChI=1S/C21H24FN9O/c1-23-20-19-14(16-5-9-30-18(25-16)2-6-24-30)3-8-31(19)28-21(27-20)26-17-4-7-29(10-15(17)22)13-11-32-12-13/h2-3,5-6,8-9,13,15,17H,4,7,10-12H2,1H3,(H2,23,26,27,28)/t15-,17?/m0/s1. The lowest BCUT2D eigenvalue weighted by molar-refractivity contribution is -0.0794. The molecule has 2 aliphatic rings. The first-order valence-electron chi connectivity index (χ1n) is 10.8. The van der Waals surface area contributed by atoms with Crippen molar-refractivity contribution in [1.29, 1.82) is 0 Å². The Kier molecular flexibility index (Phi) is 4.65. The minimum absolute atomic E-state index is 0.324. The number of anilines is 2. The second-order valence-electron chi connectivity index (χ2n) is 8.25. The van der Waals surface area contributed by atoms with Crippen LogP contribution in [0.5, 0.6) is 0 Å². The zero-order chi connectivity index (χ0) is 21.7. The van der Waals surface area contributed by atoms with Crippen LogP contribution in [0, 0.1) is 0 Å². The molecule has 0 aromatic carbocycles. The SMILES string of the molecule is CNc1nc(NC2CCN(C3COC3)C[C@@H]2F)nn2ccc(-c3ccn4nccc4n3)c12. The molecule has 0 amide bonds. The highest BCUT2D eigenvalue weighted by Crippen LogP contribution is 2.30. The molecule has 10 nitrogen and oxygen atoms in total. The molecule has 4 aromatic rings. The minimum Gasteiger partial charge on any atom is -0.378 e. The van der Waals surface area contributed by atoms with Gasteiger partial charge >= 0.3 is 0 Å². The highest BCUT2D eigenvalue weighted by molar-refractivity contribution is 5.87. The number of ether oxygens (including phenoxy) is 1. The van der Waals surface area contributed by atoms with Crippen LogP contribution in [0.3, 0.4) is 0 Å². The lowest BCUT2D eigenvalue weighted by Gasteiger charge is -2.42. The Labute approximate surface area is 183 Å². The lowest BCUT2D eigenvalue weighted by Crippen LogP contribution is -2.57. The number of likely N-dealkylation sites (tertiary alicyclic amines) is 1. The van der Waals surface area contributed by atoms with Crippen molar-refractivity contribution in [3.63, 3.8) is 0 Å². The second kappa shape index (κ2) is 7.68. The van der Waals surface area contributed by atoms with Gasteiger partial charge in [0.2, 0.25) is 5.95 Å². The Morgan fingerprint density at radius 3 is 2.78 bits per heavy atom. The molecule has 6 rings (SSSR count). The maximum atomic E-state index is 14.9. The second-order valence-corrected chi connectivity index (χ2v) is 8.25. The summed E-state index contributed by atoms with van der Waals surface area (Å²) in [4.78, 5) is 11.5. The summed E-state index contributed by atoms with van der Waals surface area (Å²) < 4.78 is 23.6. The van der Waals surface area contributed by atoms with Gasteiger partial charge in [-0.15, -0.1) is 5.10 Å². The third kappa shape index (κ3) is 3.24. The number of aromatic nitrogens is 6. The Balaban J connectivity index is 1.28. The first-order valence-corrected chi connectivity index (χ1v) is 10.8. The van der Waals surface area contributed by atoms with Crippen LogP contribution < -0.4 is 10.6 Å². The topological polar surface area (TPSA) is 96.9 Å². The smallest absolute Gasteiger partial charge is 0.243 e. The third-order valence-electron chi connectivity index (χ3n) is 6.31. The number of halogens is 1. The summed E-state index contributed by atoms with van der Waals surface area (Å²) >= 11 is 0. The van der Waals surface area contributed by atoms with Crippen molar-refractivity contribution in [3.8, 4) is 11.3 Å². The van der Waals surface area contributed by atoms with E-state index in [1.54, 1.807) is 15.2 Å². The largest absolute Gasteiger partial charge is 0.378 e. The van der Waals surface area contributed by atoms with E-state index in [-0.39, 0.29) is 6.04 Å². The van der Waals surface area contributed by atoms with Crippen LogP contribution in [0.1, 0.15) is 6.42 Å². The van der Waals surface area contributed by atoms with Crippen molar-refractivity contribution in [2.45, 2.75) is 24.7 Å². The van der Waals surface area contributed by atoms with Gasteiger partial charge in [0, 0.05) is 44.2 Å². The highest BCUT2D eigenvalue weighted by atomic mass is 19.1. The fourth-order valence-electron chi connectivity index (χ4n) is 4.45. The zero-order valence-corrected chi connectivity index (χ0v) is 17.6. The van der Waals surface area contributed by atoms with Gasteiger partial charge in [-0.3, -0.25) is 4.90 Å². The summed E-state index contributed by atoms with van der Waals surface area (Å²) in [5, 5.41) is 15.2. The Morgan fingerprint density at radius 1 is 1.12 bits per heavy atom. The predicted octanol–water partition coefficient (Wildman–Crippen LogP) is 1.70. The van der Waals surface area contributed by atoms with Crippen LogP contribution in [0.4, 0.5) is 16.2 Å². The van der Waals surface area contributed by atoms with E-state index in [9.17, 15) is 4.39 Å². The van der Waals surface area contributed by atoms with Crippen LogP contribution in [0.15, 0.2) is 36.8 Å². The summed E-state index contributed by atoms with van der Waals surface area (Å²) in [5.74, 6) is 1.05. The summed E-state index contributed by atoms with van der Waals surface area (Å²) in [7, 11) is 1.81. The molecular weight excluding hydrogens is 413 g/mol. The number of hydrogen-bond donors (Lipinski definition) is 2. The zero-order valence-electron chi connectivity index (χ0n) is 17.6. The van der Waals surface area contributed by atoms with E-state index in [1.807, 2.05) is 37.6 Å². The van der Waals surface area contributed by atoms with Crippen molar-refractivity contribution in [1.82, 2.24) is 34.1 Å². The number of hydrogen-bond acceptors (Lipinski definition) is 8. The van der Waals surface area contributed by atoms with Gasteiger partial charge in [0.05, 0.1) is 37.2 Å². The Morgan fingerprint density at radius 2 is 2.00 bits per heavy atom. The lowest BCUT2D eigenvalue weighted by atomic mass is 10.0. The molecule has 0 radical (unpaired) electrons. The number of nitrogens with one attached hydrogen (secondary N) is 2. The summed E-state index contributed by atoms with van der Waals surface area (Å²) in [6.07, 6.45) is 5.16. The molecule has 2 fully saturated rings. The van der Waals surface area contributed by atoms with Crippen LogP contribution in [-0.2, 0) is 4.74 Å². The van der Waals surface area contributed by atoms with E-state index in [4.69, 9.17) is 4.74 Å². The van der Waals surface area contributed by atoms with Gasteiger partial charge in [-0.25, -0.2) is 18.4 Å².